The van der Waals surface area contributed by atoms with E-state index in [1.807, 2.05) is 0 Å². The van der Waals surface area contributed by atoms with Crippen LogP contribution in [0.2, 0.25) is 0 Å². The van der Waals surface area contributed by atoms with E-state index in [0.717, 1.165) is 24.0 Å². The maximum atomic E-state index is 3.76. The van der Waals surface area contributed by atoms with E-state index < -0.39 is 0 Å². The third-order valence-corrected chi connectivity index (χ3v) is 5.89. The Kier molecular flexibility index (Phi) is 3.55. The average Bonchev–Trinajstić information content (AvgIpc) is 3.23. The fraction of sp³-hybridized carbons (Fsp3) is 1.00. The molecule has 2 bridgehead atoms. The monoisotopic (exact) mass is 263 g/mol. The highest BCUT2D eigenvalue weighted by molar-refractivity contribution is 4.92. The predicted molar refractivity (Wildman–Crippen MR) is 78.3 cm³/mol. The van der Waals surface area contributed by atoms with Crippen molar-refractivity contribution >= 4 is 0 Å². The molecule has 0 aromatic rings. The van der Waals surface area contributed by atoms with Crippen molar-refractivity contribution in [2.24, 2.45) is 5.92 Å². The zero-order chi connectivity index (χ0) is 12.7. The van der Waals surface area contributed by atoms with Crippen molar-refractivity contribution in [2.75, 3.05) is 32.7 Å². The van der Waals surface area contributed by atoms with Gasteiger partial charge in [0, 0.05) is 44.3 Å². The zero-order valence-corrected chi connectivity index (χ0v) is 12.2. The van der Waals surface area contributed by atoms with Crippen LogP contribution in [0, 0.1) is 5.92 Å². The van der Waals surface area contributed by atoms with Gasteiger partial charge in [-0.25, -0.2) is 0 Å². The van der Waals surface area contributed by atoms with Crippen LogP contribution in [-0.4, -0.2) is 60.6 Å². The molecule has 0 radical (unpaired) electrons. The Morgan fingerprint density at radius 2 is 1.53 bits per heavy atom. The predicted octanol–water partition coefficient (Wildman–Crippen LogP) is 1.69. The summed E-state index contributed by atoms with van der Waals surface area (Å²) in [6.45, 7) is 6.69. The molecule has 3 saturated heterocycles. The van der Waals surface area contributed by atoms with Crippen LogP contribution in [0.15, 0.2) is 0 Å². The molecule has 0 aromatic heterocycles. The summed E-state index contributed by atoms with van der Waals surface area (Å²) < 4.78 is 0. The van der Waals surface area contributed by atoms with Crippen LogP contribution >= 0.6 is 0 Å². The van der Waals surface area contributed by atoms with Gasteiger partial charge in [0.25, 0.3) is 0 Å². The molecular formula is C16H29N3. The van der Waals surface area contributed by atoms with Gasteiger partial charge in [-0.15, -0.1) is 0 Å². The number of nitrogens with one attached hydrogen (secondary N) is 1. The summed E-state index contributed by atoms with van der Waals surface area (Å²) in [6, 6.07) is 2.72. The topological polar surface area (TPSA) is 18.5 Å². The van der Waals surface area contributed by atoms with Gasteiger partial charge in [-0.3, -0.25) is 4.90 Å². The van der Waals surface area contributed by atoms with Gasteiger partial charge in [0.15, 0.2) is 0 Å². The molecule has 1 saturated carbocycles. The first-order chi connectivity index (χ1) is 9.37. The van der Waals surface area contributed by atoms with Gasteiger partial charge in [-0.05, 0) is 57.4 Å². The maximum Gasteiger partial charge on any atom is 0.0113 e. The third kappa shape index (κ3) is 2.98. The first-order valence-electron chi connectivity index (χ1n) is 8.59. The van der Waals surface area contributed by atoms with Gasteiger partial charge in [0.05, 0.1) is 0 Å². The summed E-state index contributed by atoms with van der Waals surface area (Å²) in [4.78, 5) is 5.45. The van der Waals surface area contributed by atoms with Crippen molar-refractivity contribution in [3.63, 3.8) is 0 Å². The van der Waals surface area contributed by atoms with E-state index in [0.29, 0.717) is 0 Å². The van der Waals surface area contributed by atoms with Crippen molar-refractivity contribution < 1.29 is 0 Å². The lowest BCUT2D eigenvalue weighted by Crippen LogP contribution is -2.48. The molecule has 3 nitrogen and oxygen atoms in total. The summed E-state index contributed by atoms with van der Waals surface area (Å²) in [5, 5.41) is 3.76. The summed E-state index contributed by atoms with van der Waals surface area (Å²) in [5.74, 6) is 1.01. The number of nitrogens with zero attached hydrogens (tertiary/aromatic N) is 2. The molecule has 4 rings (SSSR count). The molecule has 3 heterocycles. The molecule has 19 heavy (non-hydrogen) atoms. The van der Waals surface area contributed by atoms with Gasteiger partial charge in [0.2, 0.25) is 0 Å². The molecule has 1 N–H and O–H groups in total. The minimum absolute atomic E-state index is 0.871. The van der Waals surface area contributed by atoms with E-state index in [9.17, 15) is 0 Å². The SMILES string of the molecule is C(CN1CCN(C2CC2)CC1)C1CC2CCC(C1)N2. The quantitative estimate of drug-likeness (QED) is 0.833. The number of hydrogen-bond donors (Lipinski definition) is 1. The van der Waals surface area contributed by atoms with Crippen molar-refractivity contribution in [3.05, 3.63) is 0 Å². The summed E-state index contributed by atoms with van der Waals surface area (Å²) in [7, 11) is 0. The molecule has 3 aliphatic heterocycles. The fourth-order valence-corrected chi connectivity index (χ4v) is 4.57. The standard InChI is InChI=1S/C16H29N3/c1-2-15-12-13(11-14(1)17-15)5-6-18-7-9-19(10-8-18)16-3-4-16/h13-17H,1-12H2. The van der Waals surface area contributed by atoms with E-state index in [1.165, 1.54) is 77.7 Å². The average molecular weight is 263 g/mol. The molecule has 4 fully saturated rings. The minimum atomic E-state index is 0.871. The number of fused-ring (bicyclic) bond motifs is 2. The Labute approximate surface area is 117 Å². The van der Waals surface area contributed by atoms with Crippen molar-refractivity contribution in [1.29, 1.82) is 0 Å². The van der Waals surface area contributed by atoms with Gasteiger partial charge >= 0.3 is 0 Å². The summed E-state index contributed by atoms with van der Waals surface area (Å²) in [5.41, 5.74) is 0. The lowest BCUT2D eigenvalue weighted by molar-refractivity contribution is 0.117. The number of piperidine rings is 1. The highest BCUT2D eigenvalue weighted by Gasteiger charge is 2.34. The highest BCUT2D eigenvalue weighted by Crippen LogP contribution is 2.33. The van der Waals surface area contributed by atoms with E-state index in [1.54, 1.807) is 0 Å². The Morgan fingerprint density at radius 1 is 0.842 bits per heavy atom. The van der Waals surface area contributed by atoms with E-state index in [4.69, 9.17) is 0 Å². The first-order valence-corrected chi connectivity index (χ1v) is 8.59. The Hall–Kier alpha value is -0.120. The largest absolute Gasteiger partial charge is 0.311 e. The third-order valence-electron chi connectivity index (χ3n) is 5.89. The smallest absolute Gasteiger partial charge is 0.0113 e. The van der Waals surface area contributed by atoms with Gasteiger partial charge < -0.3 is 10.2 Å². The molecule has 108 valence electrons. The van der Waals surface area contributed by atoms with E-state index in [2.05, 4.69) is 15.1 Å². The van der Waals surface area contributed by atoms with E-state index >= 15 is 0 Å². The normalized spacial score (nSPS) is 40.7. The number of rotatable bonds is 4. The summed E-state index contributed by atoms with van der Waals surface area (Å²) in [6.07, 6.45) is 10.2. The van der Waals surface area contributed by atoms with Crippen LogP contribution in [-0.2, 0) is 0 Å². The zero-order valence-electron chi connectivity index (χ0n) is 12.2. The number of piperazine rings is 1. The molecule has 0 aromatic carbocycles. The molecular weight excluding hydrogens is 234 g/mol. The van der Waals surface area contributed by atoms with Gasteiger partial charge in [-0.1, -0.05) is 0 Å². The minimum Gasteiger partial charge on any atom is -0.311 e. The second kappa shape index (κ2) is 5.34. The highest BCUT2D eigenvalue weighted by atomic mass is 15.3. The molecule has 0 amide bonds. The molecule has 1 aliphatic carbocycles. The first kappa shape index (κ1) is 12.6. The van der Waals surface area contributed by atoms with Crippen LogP contribution in [0.25, 0.3) is 0 Å². The van der Waals surface area contributed by atoms with Crippen LogP contribution < -0.4 is 5.32 Å². The molecule has 3 heteroatoms. The lowest BCUT2D eigenvalue weighted by atomic mass is 9.89. The van der Waals surface area contributed by atoms with Crippen molar-refractivity contribution in [1.82, 2.24) is 15.1 Å². The van der Waals surface area contributed by atoms with E-state index in [-0.39, 0.29) is 0 Å². The summed E-state index contributed by atoms with van der Waals surface area (Å²) >= 11 is 0. The van der Waals surface area contributed by atoms with Crippen LogP contribution in [0.5, 0.6) is 0 Å². The van der Waals surface area contributed by atoms with Crippen LogP contribution in [0.1, 0.15) is 44.9 Å². The van der Waals surface area contributed by atoms with Crippen LogP contribution in [0.3, 0.4) is 0 Å². The molecule has 2 unspecified atom stereocenters. The molecule has 2 atom stereocenters. The number of hydrogen-bond acceptors (Lipinski definition) is 3. The Bertz CT molecular complexity index is 295. The lowest BCUT2D eigenvalue weighted by Gasteiger charge is -2.36. The van der Waals surface area contributed by atoms with Crippen molar-refractivity contribution in [3.8, 4) is 0 Å². The Morgan fingerprint density at radius 3 is 2.16 bits per heavy atom. The second-order valence-corrected chi connectivity index (χ2v) is 7.37. The Balaban J connectivity index is 1.18. The van der Waals surface area contributed by atoms with Gasteiger partial charge in [-0.2, -0.15) is 0 Å². The second-order valence-electron chi connectivity index (χ2n) is 7.37. The van der Waals surface area contributed by atoms with Gasteiger partial charge in [0.1, 0.15) is 0 Å². The van der Waals surface area contributed by atoms with Crippen LogP contribution in [0.4, 0.5) is 0 Å². The molecule has 4 aliphatic rings. The molecule has 0 spiro atoms. The maximum absolute atomic E-state index is 3.76. The fourth-order valence-electron chi connectivity index (χ4n) is 4.57. The van der Waals surface area contributed by atoms with Crippen molar-refractivity contribution in [2.45, 2.75) is 63.1 Å².